The van der Waals surface area contributed by atoms with Crippen LogP contribution in [0.5, 0.6) is 0 Å². The van der Waals surface area contributed by atoms with Crippen molar-refractivity contribution in [1.82, 2.24) is 0 Å². The number of methoxy groups -OCH3 is 1. The fourth-order valence-corrected chi connectivity index (χ4v) is 0.902. The second-order valence-corrected chi connectivity index (χ2v) is 2.41. The fraction of sp³-hybridized carbons (Fsp3) is 0.500. The SMILES string of the molecule is COCC(C)c1ccoc1. The average molecular weight is 140 g/mol. The summed E-state index contributed by atoms with van der Waals surface area (Å²) in [7, 11) is 1.70. The highest BCUT2D eigenvalue weighted by Gasteiger charge is 2.04. The maximum absolute atomic E-state index is 4.99. The van der Waals surface area contributed by atoms with Gasteiger partial charge in [0.2, 0.25) is 0 Å². The van der Waals surface area contributed by atoms with Crippen molar-refractivity contribution in [2.75, 3.05) is 13.7 Å². The molecule has 0 aliphatic carbocycles. The van der Waals surface area contributed by atoms with E-state index in [9.17, 15) is 0 Å². The van der Waals surface area contributed by atoms with E-state index >= 15 is 0 Å². The molecule has 0 bridgehead atoms. The number of hydrogen-bond acceptors (Lipinski definition) is 2. The van der Waals surface area contributed by atoms with Gasteiger partial charge in [-0.15, -0.1) is 0 Å². The summed E-state index contributed by atoms with van der Waals surface area (Å²) in [6.07, 6.45) is 3.44. The van der Waals surface area contributed by atoms with Gasteiger partial charge in [0.05, 0.1) is 19.1 Å². The van der Waals surface area contributed by atoms with Crippen molar-refractivity contribution in [2.45, 2.75) is 12.8 Å². The Morgan fingerprint density at radius 2 is 2.50 bits per heavy atom. The minimum atomic E-state index is 0.434. The Bertz CT molecular complexity index is 167. The molecule has 0 radical (unpaired) electrons. The van der Waals surface area contributed by atoms with Gasteiger partial charge in [0.15, 0.2) is 0 Å². The van der Waals surface area contributed by atoms with Crippen LogP contribution in [-0.4, -0.2) is 13.7 Å². The highest BCUT2D eigenvalue weighted by Crippen LogP contribution is 2.14. The zero-order valence-electron chi connectivity index (χ0n) is 6.33. The van der Waals surface area contributed by atoms with E-state index in [4.69, 9.17) is 9.15 Å². The summed E-state index contributed by atoms with van der Waals surface area (Å²) in [4.78, 5) is 0. The molecule has 0 aromatic carbocycles. The molecule has 0 aliphatic heterocycles. The van der Waals surface area contributed by atoms with Crippen molar-refractivity contribution >= 4 is 0 Å². The molecule has 56 valence electrons. The molecule has 1 rings (SSSR count). The van der Waals surface area contributed by atoms with E-state index in [-0.39, 0.29) is 0 Å². The molecule has 0 saturated carbocycles. The summed E-state index contributed by atoms with van der Waals surface area (Å²) in [5, 5.41) is 0. The standard InChI is InChI=1S/C8H12O2/c1-7(5-9-2)8-3-4-10-6-8/h3-4,6-7H,5H2,1-2H3. The van der Waals surface area contributed by atoms with Gasteiger partial charge in [-0.05, 0) is 11.6 Å². The van der Waals surface area contributed by atoms with Crippen LogP contribution >= 0.6 is 0 Å². The Labute approximate surface area is 60.8 Å². The molecule has 10 heavy (non-hydrogen) atoms. The first-order chi connectivity index (χ1) is 4.84. The third-order valence-electron chi connectivity index (χ3n) is 1.53. The molecule has 1 aromatic heterocycles. The van der Waals surface area contributed by atoms with Crippen molar-refractivity contribution in [3.8, 4) is 0 Å². The van der Waals surface area contributed by atoms with Crippen molar-refractivity contribution in [3.05, 3.63) is 24.2 Å². The first-order valence-corrected chi connectivity index (χ1v) is 3.35. The van der Waals surface area contributed by atoms with E-state index in [1.54, 1.807) is 19.6 Å². The van der Waals surface area contributed by atoms with Gasteiger partial charge >= 0.3 is 0 Å². The maximum Gasteiger partial charge on any atom is 0.0938 e. The van der Waals surface area contributed by atoms with Crippen LogP contribution in [0.3, 0.4) is 0 Å². The largest absolute Gasteiger partial charge is 0.472 e. The minimum absolute atomic E-state index is 0.434. The molecule has 0 saturated heterocycles. The van der Waals surface area contributed by atoms with Gasteiger partial charge in [0.25, 0.3) is 0 Å². The molecule has 1 heterocycles. The first kappa shape index (κ1) is 7.35. The molecule has 0 aliphatic rings. The molecular formula is C8H12O2. The normalized spacial score (nSPS) is 13.4. The summed E-state index contributed by atoms with van der Waals surface area (Å²) >= 11 is 0. The van der Waals surface area contributed by atoms with Crippen molar-refractivity contribution in [1.29, 1.82) is 0 Å². The lowest BCUT2D eigenvalue weighted by atomic mass is 10.1. The fourth-order valence-electron chi connectivity index (χ4n) is 0.902. The number of rotatable bonds is 3. The summed E-state index contributed by atoms with van der Waals surface area (Å²) in [6.45, 7) is 2.86. The van der Waals surface area contributed by atoms with Gasteiger partial charge in [0, 0.05) is 13.0 Å². The lowest BCUT2D eigenvalue weighted by Crippen LogP contribution is -1.99. The average Bonchev–Trinajstić information content (AvgIpc) is 2.38. The third-order valence-corrected chi connectivity index (χ3v) is 1.53. The molecule has 0 amide bonds. The Balaban J connectivity index is 2.50. The maximum atomic E-state index is 4.99. The van der Waals surface area contributed by atoms with Crippen LogP contribution in [0.4, 0.5) is 0 Å². The second kappa shape index (κ2) is 3.42. The van der Waals surface area contributed by atoms with Crippen molar-refractivity contribution < 1.29 is 9.15 Å². The van der Waals surface area contributed by atoms with E-state index in [1.807, 2.05) is 6.07 Å². The minimum Gasteiger partial charge on any atom is -0.472 e. The predicted molar refractivity (Wildman–Crippen MR) is 39.0 cm³/mol. The molecule has 2 heteroatoms. The number of ether oxygens (including phenoxy) is 1. The molecule has 1 aromatic rings. The van der Waals surface area contributed by atoms with Crippen LogP contribution in [0.1, 0.15) is 18.4 Å². The monoisotopic (exact) mass is 140 g/mol. The zero-order valence-corrected chi connectivity index (χ0v) is 6.33. The van der Waals surface area contributed by atoms with Crippen molar-refractivity contribution in [3.63, 3.8) is 0 Å². The number of hydrogen-bond donors (Lipinski definition) is 0. The van der Waals surface area contributed by atoms with Crippen LogP contribution in [0.15, 0.2) is 23.0 Å². The Hall–Kier alpha value is -0.760. The Morgan fingerprint density at radius 3 is 3.00 bits per heavy atom. The zero-order chi connectivity index (χ0) is 7.40. The Kier molecular flexibility index (Phi) is 2.51. The molecule has 0 fully saturated rings. The van der Waals surface area contributed by atoms with Gasteiger partial charge < -0.3 is 9.15 Å². The van der Waals surface area contributed by atoms with E-state index in [1.165, 1.54) is 5.56 Å². The topological polar surface area (TPSA) is 22.4 Å². The molecular weight excluding hydrogens is 128 g/mol. The van der Waals surface area contributed by atoms with Gasteiger partial charge in [-0.3, -0.25) is 0 Å². The van der Waals surface area contributed by atoms with Crippen LogP contribution in [0.2, 0.25) is 0 Å². The van der Waals surface area contributed by atoms with Gasteiger partial charge in [-0.25, -0.2) is 0 Å². The summed E-state index contributed by atoms with van der Waals surface area (Å²) < 4.78 is 9.91. The van der Waals surface area contributed by atoms with Crippen molar-refractivity contribution in [2.24, 2.45) is 0 Å². The smallest absolute Gasteiger partial charge is 0.0938 e. The van der Waals surface area contributed by atoms with E-state index in [0.29, 0.717) is 5.92 Å². The van der Waals surface area contributed by atoms with Crippen LogP contribution in [0.25, 0.3) is 0 Å². The lowest BCUT2D eigenvalue weighted by Gasteiger charge is -2.05. The second-order valence-electron chi connectivity index (χ2n) is 2.41. The highest BCUT2D eigenvalue weighted by atomic mass is 16.5. The molecule has 1 unspecified atom stereocenters. The number of furan rings is 1. The predicted octanol–water partition coefficient (Wildman–Crippen LogP) is 2.03. The lowest BCUT2D eigenvalue weighted by molar-refractivity contribution is 0.184. The first-order valence-electron chi connectivity index (χ1n) is 3.35. The summed E-state index contributed by atoms with van der Waals surface area (Å²) in [5.74, 6) is 0.434. The third kappa shape index (κ3) is 1.61. The van der Waals surface area contributed by atoms with Crippen LogP contribution < -0.4 is 0 Å². The summed E-state index contributed by atoms with van der Waals surface area (Å²) in [6, 6.07) is 1.96. The molecule has 0 spiro atoms. The summed E-state index contributed by atoms with van der Waals surface area (Å²) in [5.41, 5.74) is 1.20. The quantitative estimate of drug-likeness (QED) is 0.641. The molecule has 0 N–H and O–H groups in total. The van der Waals surface area contributed by atoms with Crippen LogP contribution in [0, 0.1) is 0 Å². The van der Waals surface area contributed by atoms with Gasteiger partial charge in [0.1, 0.15) is 0 Å². The van der Waals surface area contributed by atoms with Crippen LogP contribution in [-0.2, 0) is 4.74 Å². The van der Waals surface area contributed by atoms with Gasteiger partial charge in [-0.1, -0.05) is 6.92 Å². The highest BCUT2D eigenvalue weighted by molar-refractivity contribution is 5.10. The van der Waals surface area contributed by atoms with E-state index in [0.717, 1.165) is 6.61 Å². The Morgan fingerprint density at radius 1 is 1.70 bits per heavy atom. The molecule has 1 atom stereocenters. The van der Waals surface area contributed by atoms with E-state index in [2.05, 4.69) is 6.92 Å². The van der Waals surface area contributed by atoms with E-state index < -0.39 is 0 Å². The van der Waals surface area contributed by atoms with Gasteiger partial charge in [-0.2, -0.15) is 0 Å². The molecule has 2 nitrogen and oxygen atoms in total.